The highest BCUT2D eigenvalue weighted by molar-refractivity contribution is 9.10. The molecule has 0 atom stereocenters. The third-order valence-corrected chi connectivity index (χ3v) is 4.99. The first kappa shape index (κ1) is 18.8. The lowest BCUT2D eigenvalue weighted by atomic mass is 10.2. The molecule has 1 heterocycles. The second kappa shape index (κ2) is 7.48. The molecule has 0 saturated heterocycles. The third-order valence-electron chi connectivity index (χ3n) is 4.32. The summed E-state index contributed by atoms with van der Waals surface area (Å²) in [4.78, 5) is 19.2. The predicted octanol–water partition coefficient (Wildman–Crippen LogP) is 5.93. The Balaban J connectivity index is 1.71. The van der Waals surface area contributed by atoms with Crippen LogP contribution < -0.4 is 0 Å². The van der Waals surface area contributed by atoms with Gasteiger partial charge in [0.05, 0.1) is 10.6 Å². The SMILES string of the molecule is Cc1ccc2oc(-c3ccc(Br)c(N=Cc4cccc([N+](=O)[O-])c4O)c3)nc2c1. The molecule has 8 heteroatoms. The largest absolute Gasteiger partial charge is 0.502 e. The van der Waals surface area contributed by atoms with E-state index in [9.17, 15) is 15.2 Å². The third kappa shape index (κ3) is 3.74. The zero-order chi connectivity index (χ0) is 20.5. The summed E-state index contributed by atoms with van der Waals surface area (Å²) in [6.45, 7) is 1.99. The van der Waals surface area contributed by atoms with Crippen LogP contribution in [0.1, 0.15) is 11.1 Å². The summed E-state index contributed by atoms with van der Waals surface area (Å²) in [5.41, 5.74) is 3.73. The average Bonchev–Trinajstić information content (AvgIpc) is 3.11. The normalized spacial score (nSPS) is 11.4. The number of rotatable bonds is 4. The number of aromatic nitrogens is 1. The van der Waals surface area contributed by atoms with Crippen molar-refractivity contribution in [2.24, 2.45) is 4.99 Å². The van der Waals surface area contributed by atoms with Gasteiger partial charge in [-0.15, -0.1) is 0 Å². The van der Waals surface area contributed by atoms with Gasteiger partial charge < -0.3 is 9.52 Å². The highest BCUT2D eigenvalue weighted by atomic mass is 79.9. The minimum absolute atomic E-state index is 0.244. The standard InChI is InChI=1S/C21H14BrN3O4/c1-12-5-8-19-17(9-12)24-21(29-19)13-6-7-15(22)16(10-13)23-11-14-3-2-4-18(20(14)26)25(27)28/h2-11,26H,1H3. The minimum Gasteiger partial charge on any atom is -0.502 e. The lowest BCUT2D eigenvalue weighted by Crippen LogP contribution is -1.91. The molecule has 0 aliphatic heterocycles. The van der Waals surface area contributed by atoms with Crippen LogP contribution in [0.2, 0.25) is 0 Å². The number of phenols is 1. The number of aromatic hydroxyl groups is 1. The molecule has 0 aliphatic carbocycles. The lowest BCUT2D eigenvalue weighted by Gasteiger charge is -2.02. The highest BCUT2D eigenvalue weighted by Gasteiger charge is 2.15. The van der Waals surface area contributed by atoms with E-state index in [1.807, 2.05) is 37.3 Å². The van der Waals surface area contributed by atoms with Gasteiger partial charge in [0, 0.05) is 27.9 Å². The zero-order valence-electron chi connectivity index (χ0n) is 15.2. The van der Waals surface area contributed by atoms with E-state index in [4.69, 9.17) is 4.42 Å². The van der Waals surface area contributed by atoms with Crippen molar-refractivity contribution in [3.8, 4) is 17.2 Å². The molecule has 0 spiro atoms. The number of hydrogen-bond acceptors (Lipinski definition) is 6. The number of nitro benzene ring substituents is 1. The Morgan fingerprint density at radius 3 is 2.83 bits per heavy atom. The van der Waals surface area contributed by atoms with Crippen molar-refractivity contribution in [2.75, 3.05) is 0 Å². The minimum atomic E-state index is -0.641. The number of hydrogen-bond donors (Lipinski definition) is 1. The number of para-hydroxylation sites is 1. The van der Waals surface area contributed by atoms with Crippen LogP contribution in [-0.4, -0.2) is 21.2 Å². The molecule has 0 aliphatic rings. The van der Waals surface area contributed by atoms with Gasteiger partial charge in [0.1, 0.15) is 5.52 Å². The van der Waals surface area contributed by atoms with Crippen LogP contribution in [0, 0.1) is 17.0 Å². The molecule has 0 fully saturated rings. The Bertz CT molecular complexity index is 1280. The van der Waals surface area contributed by atoms with Gasteiger partial charge in [-0.3, -0.25) is 15.1 Å². The Morgan fingerprint density at radius 1 is 1.21 bits per heavy atom. The first-order valence-corrected chi connectivity index (χ1v) is 9.39. The van der Waals surface area contributed by atoms with E-state index in [1.165, 1.54) is 18.3 Å². The Kier molecular flexibility index (Phi) is 4.85. The van der Waals surface area contributed by atoms with Crippen LogP contribution in [-0.2, 0) is 0 Å². The molecule has 0 saturated carbocycles. The first-order valence-electron chi connectivity index (χ1n) is 8.60. The van der Waals surface area contributed by atoms with Crippen LogP contribution in [0.5, 0.6) is 5.75 Å². The van der Waals surface area contributed by atoms with Crippen molar-refractivity contribution < 1.29 is 14.4 Å². The molecule has 4 rings (SSSR count). The van der Waals surface area contributed by atoms with Crippen LogP contribution in [0.25, 0.3) is 22.6 Å². The molecule has 1 N–H and O–H groups in total. The number of phenolic OH excluding ortho intramolecular Hbond substituents is 1. The summed E-state index contributed by atoms with van der Waals surface area (Å²) in [5, 5.41) is 21.0. The van der Waals surface area contributed by atoms with E-state index < -0.39 is 10.7 Å². The molecule has 3 aromatic carbocycles. The lowest BCUT2D eigenvalue weighted by molar-refractivity contribution is -0.385. The molecule has 29 heavy (non-hydrogen) atoms. The molecule has 7 nitrogen and oxygen atoms in total. The fourth-order valence-electron chi connectivity index (χ4n) is 2.84. The van der Waals surface area contributed by atoms with Crippen molar-refractivity contribution >= 4 is 44.6 Å². The van der Waals surface area contributed by atoms with E-state index in [0.29, 0.717) is 17.2 Å². The van der Waals surface area contributed by atoms with E-state index in [2.05, 4.69) is 25.9 Å². The second-order valence-corrected chi connectivity index (χ2v) is 7.24. The van der Waals surface area contributed by atoms with Gasteiger partial charge >= 0.3 is 5.69 Å². The van der Waals surface area contributed by atoms with Crippen molar-refractivity contribution in [1.29, 1.82) is 0 Å². The molecular weight excluding hydrogens is 438 g/mol. The van der Waals surface area contributed by atoms with Gasteiger partial charge in [-0.2, -0.15) is 0 Å². The van der Waals surface area contributed by atoms with Crippen molar-refractivity contribution in [1.82, 2.24) is 4.98 Å². The summed E-state index contributed by atoms with van der Waals surface area (Å²) in [6, 6.07) is 15.5. The number of benzene rings is 3. The summed E-state index contributed by atoms with van der Waals surface area (Å²) < 4.78 is 6.55. The smallest absolute Gasteiger partial charge is 0.311 e. The summed E-state index contributed by atoms with van der Waals surface area (Å²) in [5.74, 6) is 0.0376. The predicted molar refractivity (Wildman–Crippen MR) is 114 cm³/mol. The van der Waals surface area contributed by atoms with E-state index >= 15 is 0 Å². The Morgan fingerprint density at radius 2 is 2.03 bits per heavy atom. The Hall–Kier alpha value is -3.52. The van der Waals surface area contributed by atoms with Crippen molar-refractivity contribution in [2.45, 2.75) is 6.92 Å². The quantitative estimate of drug-likeness (QED) is 0.235. The van der Waals surface area contributed by atoms with Crippen molar-refractivity contribution in [3.05, 3.63) is 80.3 Å². The number of aryl methyl sites for hydroxylation is 1. The molecule has 0 bridgehead atoms. The molecule has 0 amide bonds. The fourth-order valence-corrected chi connectivity index (χ4v) is 3.19. The summed E-state index contributed by atoms with van der Waals surface area (Å²) in [7, 11) is 0. The van der Waals surface area contributed by atoms with Gasteiger partial charge in [0.15, 0.2) is 5.58 Å². The summed E-state index contributed by atoms with van der Waals surface area (Å²) in [6.07, 6.45) is 1.38. The zero-order valence-corrected chi connectivity index (χ0v) is 16.8. The molecule has 1 aromatic heterocycles. The van der Waals surface area contributed by atoms with Gasteiger partial charge in [-0.1, -0.05) is 12.1 Å². The van der Waals surface area contributed by atoms with Crippen LogP contribution in [0.3, 0.4) is 0 Å². The van der Waals surface area contributed by atoms with E-state index in [0.717, 1.165) is 21.1 Å². The maximum Gasteiger partial charge on any atom is 0.311 e. The van der Waals surface area contributed by atoms with Crippen LogP contribution in [0.4, 0.5) is 11.4 Å². The first-order chi connectivity index (χ1) is 13.9. The molecule has 144 valence electrons. The van der Waals surface area contributed by atoms with Gasteiger partial charge in [-0.05, 0) is 64.8 Å². The molecular formula is C21H14BrN3O4. The number of fused-ring (bicyclic) bond motifs is 1. The molecule has 4 aromatic rings. The highest BCUT2D eigenvalue weighted by Crippen LogP contribution is 2.33. The summed E-state index contributed by atoms with van der Waals surface area (Å²) >= 11 is 3.44. The maximum absolute atomic E-state index is 11.0. The number of nitrogens with zero attached hydrogens (tertiary/aromatic N) is 3. The molecule has 0 radical (unpaired) electrons. The van der Waals surface area contributed by atoms with E-state index in [1.54, 1.807) is 12.1 Å². The topological polar surface area (TPSA) is 102 Å². The number of aliphatic imine (C=N–C) groups is 1. The van der Waals surface area contributed by atoms with Gasteiger partial charge in [-0.25, -0.2) is 4.98 Å². The maximum atomic E-state index is 11.0. The average molecular weight is 452 g/mol. The van der Waals surface area contributed by atoms with E-state index in [-0.39, 0.29) is 11.3 Å². The van der Waals surface area contributed by atoms with Gasteiger partial charge in [0.2, 0.25) is 11.6 Å². The number of nitro groups is 1. The van der Waals surface area contributed by atoms with Crippen molar-refractivity contribution in [3.63, 3.8) is 0 Å². The fraction of sp³-hybridized carbons (Fsp3) is 0.0476. The molecule has 0 unspecified atom stereocenters. The van der Waals surface area contributed by atoms with Crippen LogP contribution in [0.15, 0.2) is 68.5 Å². The second-order valence-electron chi connectivity index (χ2n) is 6.39. The monoisotopic (exact) mass is 451 g/mol. The Labute approximate surface area is 173 Å². The number of oxazole rings is 1. The van der Waals surface area contributed by atoms with Gasteiger partial charge in [0.25, 0.3) is 0 Å². The number of halogens is 1. The van der Waals surface area contributed by atoms with Crippen LogP contribution >= 0.6 is 15.9 Å².